The number of ether oxygens (including phenoxy) is 1. The number of hydrogen-bond acceptors (Lipinski definition) is 4. The van der Waals surface area contributed by atoms with E-state index in [0.717, 1.165) is 31.0 Å². The van der Waals surface area contributed by atoms with Crippen LogP contribution in [0, 0.1) is 0 Å². The van der Waals surface area contributed by atoms with Crippen LogP contribution < -0.4 is 10.1 Å². The normalized spacial score (nSPS) is 11.4. The first-order valence-corrected chi connectivity index (χ1v) is 8.90. The molecule has 0 aliphatic rings. The van der Waals surface area contributed by atoms with Gasteiger partial charge in [0.1, 0.15) is 0 Å². The maximum absolute atomic E-state index is 10.2. The molecule has 0 spiro atoms. The number of benzene rings is 1. The highest BCUT2D eigenvalue weighted by Gasteiger charge is 2.09. The first-order valence-electron chi connectivity index (χ1n) is 8.02. The van der Waals surface area contributed by atoms with Gasteiger partial charge in [-0.25, -0.2) is 4.99 Å². The fraction of sp³-hybridized carbons (Fsp3) is 0.389. The Morgan fingerprint density at radius 2 is 2.17 bits per heavy atom. The molecule has 0 amide bonds. The standard InChI is InChI=1S/C18H25N3O2S/c1-4-19-18(21(2)11-10-15-8-6-12-24-15)20-13-14-7-5-9-16(23-3)17(14)22/h5-9,12,22H,4,10-11,13H2,1-3H3,(H,19,20). The van der Waals surface area contributed by atoms with Gasteiger partial charge in [0.15, 0.2) is 17.5 Å². The molecule has 2 rings (SSSR count). The molecule has 0 aliphatic heterocycles. The lowest BCUT2D eigenvalue weighted by atomic mass is 10.2. The largest absolute Gasteiger partial charge is 0.504 e. The zero-order chi connectivity index (χ0) is 17.4. The van der Waals surface area contributed by atoms with Crippen LogP contribution in [0.3, 0.4) is 0 Å². The maximum Gasteiger partial charge on any atom is 0.193 e. The number of rotatable bonds is 7. The van der Waals surface area contributed by atoms with E-state index in [1.807, 2.05) is 26.1 Å². The third kappa shape index (κ3) is 4.89. The number of aromatic hydroxyl groups is 1. The van der Waals surface area contributed by atoms with Crippen LogP contribution >= 0.6 is 11.3 Å². The van der Waals surface area contributed by atoms with Crippen molar-refractivity contribution in [3.8, 4) is 11.5 Å². The molecule has 0 saturated carbocycles. The summed E-state index contributed by atoms with van der Waals surface area (Å²) in [6.45, 7) is 4.13. The van der Waals surface area contributed by atoms with E-state index in [1.54, 1.807) is 24.5 Å². The Morgan fingerprint density at radius 1 is 1.33 bits per heavy atom. The molecule has 0 unspecified atom stereocenters. The summed E-state index contributed by atoms with van der Waals surface area (Å²) in [6.07, 6.45) is 0.989. The van der Waals surface area contributed by atoms with Crippen molar-refractivity contribution in [3.63, 3.8) is 0 Å². The SMILES string of the molecule is CCNC(=NCc1cccc(OC)c1O)N(C)CCc1cccs1. The molecular weight excluding hydrogens is 322 g/mol. The number of likely N-dealkylation sites (N-methyl/N-ethyl adjacent to an activating group) is 1. The smallest absolute Gasteiger partial charge is 0.193 e. The van der Waals surface area contributed by atoms with Gasteiger partial charge in [-0.3, -0.25) is 0 Å². The van der Waals surface area contributed by atoms with Crippen molar-refractivity contribution >= 4 is 17.3 Å². The van der Waals surface area contributed by atoms with Gasteiger partial charge in [-0.05, 0) is 30.9 Å². The van der Waals surface area contributed by atoms with Gasteiger partial charge >= 0.3 is 0 Å². The van der Waals surface area contributed by atoms with Crippen LogP contribution in [0.5, 0.6) is 11.5 Å². The van der Waals surface area contributed by atoms with E-state index in [1.165, 1.54) is 4.88 Å². The number of phenols is 1. The van der Waals surface area contributed by atoms with Gasteiger partial charge in [0.25, 0.3) is 0 Å². The van der Waals surface area contributed by atoms with E-state index in [2.05, 4.69) is 32.7 Å². The van der Waals surface area contributed by atoms with Crippen LogP contribution in [0.4, 0.5) is 0 Å². The van der Waals surface area contributed by atoms with Gasteiger partial charge in [0.2, 0.25) is 0 Å². The van der Waals surface area contributed by atoms with E-state index in [-0.39, 0.29) is 5.75 Å². The molecule has 0 saturated heterocycles. The lowest BCUT2D eigenvalue weighted by molar-refractivity contribution is 0.370. The Kier molecular flexibility index (Phi) is 6.93. The van der Waals surface area contributed by atoms with Gasteiger partial charge in [0.05, 0.1) is 13.7 Å². The molecule has 0 atom stereocenters. The monoisotopic (exact) mass is 347 g/mol. The van der Waals surface area contributed by atoms with Crippen LogP contribution in [0.1, 0.15) is 17.4 Å². The topological polar surface area (TPSA) is 57.1 Å². The minimum Gasteiger partial charge on any atom is -0.504 e. The van der Waals surface area contributed by atoms with Gasteiger partial charge in [0, 0.05) is 30.6 Å². The van der Waals surface area contributed by atoms with E-state index >= 15 is 0 Å². The number of para-hydroxylation sites is 1. The maximum atomic E-state index is 10.2. The predicted molar refractivity (Wildman–Crippen MR) is 100 cm³/mol. The second-order valence-corrected chi connectivity index (χ2v) is 6.42. The van der Waals surface area contributed by atoms with Gasteiger partial charge in [-0.15, -0.1) is 11.3 Å². The van der Waals surface area contributed by atoms with Crippen molar-refractivity contribution < 1.29 is 9.84 Å². The minimum atomic E-state index is 0.154. The van der Waals surface area contributed by atoms with Crippen molar-refractivity contribution in [1.29, 1.82) is 0 Å². The van der Waals surface area contributed by atoms with Crippen LogP contribution in [0.25, 0.3) is 0 Å². The zero-order valence-corrected chi connectivity index (χ0v) is 15.3. The Morgan fingerprint density at radius 3 is 2.83 bits per heavy atom. The third-order valence-corrected chi connectivity index (χ3v) is 4.61. The lowest BCUT2D eigenvalue weighted by Gasteiger charge is -2.22. The van der Waals surface area contributed by atoms with E-state index in [9.17, 15) is 5.11 Å². The number of methoxy groups -OCH3 is 1. The quantitative estimate of drug-likeness (QED) is 0.597. The summed E-state index contributed by atoms with van der Waals surface area (Å²) in [5, 5.41) is 15.6. The zero-order valence-electron chi connectivity index (χ0n) is 14.5. The number of nitrogens with one attached hydrogen (secondary N) is 1. The predicted octanol–water partition coefficient (Wildman–Crippen LogP) is 3.10. The van der Waals surface area contributed by atoms with Crippen molar-refractivity contribution in [1.82, 2.24) is 10.2 Å². The second kappa shape index (κ2) is 9.17. The molecule has 1 aromatic carbocycles. The highest BCUT2D eigenvalue weighted by atomic mass is 32.1. The Balaban J connectivity index is 2.04. The minimum absolute atomic E-state index is 0.154. The summed E-state index contributed by atoms with van der Waals surface area (Å²) in [4.78, 5) is 8.11. The molecule has 0 fully saturated rings. The first kappa shape index (κ1) is 18.1. The Hall–Kier alpha value is -2.21. The summed E-state index contributed by atoms with van der Waals surface area (Å²) in [5.41, 5.74) is 0.747. The van der Waals surface area contributed by atoms with Crippen molar-refractivity contribution in [2.75, 3.05) is 27.2 Å². The van der Waals surface area contributed by atoms with Gasteiger partial charge in [-0.1, -0.05) is 18.2 Å². The summed E-state index contributed by atoms with van der Waals surface area (Å²) < 4.78 is 5.14. The van der Waals surface area contributed by atoms with Crippen LogP contribution in [0.2, 0.25) is 0 Å². The number of phenolic OH excluding ortho intramolecular Hbond substituents is 1. The highest BCUT2D eigenvalue weighted by Crippen LogP contribution is 2.29. The molecule has 0 bridgehead atoms. The number of nitrogens with zero attached hydrogens (tertiary/aromatic N) is 2. The van der Waals surface area contributed by atoms with Crippen molar-refractivity contribution in [2.24, 2.45) is 4.99 Å². The molecule has 1 heterocycles. The van der Waals surface area contributed by atoms with Gasteiger partial charge < -0.3 is 20.1 Å². The molecule has 24 heavy (non-hydrogen) atoms. The fourth-order valence-corrected chi connectivity index (χ4v) is 3.03. The molecule has 0 radical (unpaired) electrons. The summed E-state index contributed by atoms with van der Waals surface area (Å²) in [5.74, 6) is 1.45. The number of aliphatic imine (C=N–C) groups is 1. The molecule has 2 aromatic rings. The van der Waals surface area contributed by atoms with Crippen molar-refractivity contribution in [3.05, 3.63) is 46.2 Å². The average Bonchev–Trinajstić information content (AvgIpc) is 3.11. The summed E-state index contributed by atoms with van der Waals surface area (Å²) in [6, 6.07) is 9.68. The van der Waals surface area contributed by atoms with Crippen LogP contribution in [-0.2, 0) is 13.0 Å². The second-order valence-electron chi connectivity index (χ2n) is 5.39. The average molecular weight is 347 g/mol. The van der Waals surface area contributed by atoms with E-state index in [4.69, 9.17) is 4.74 Å². The Bertz CT molecular complexity index is 656. The third-order valence-electron chi connectivity index (χ3n) is 3.67. The van der Waals surface area contributed by atoms with Crippen molar-refractivity contribution in [2.45, 2.75) is 19.9 Å². The fourth-order valence-electron chi connectivity index (χ4n) is 2.33. The lowest BCUT2D eigenvalue weighted by Crippen LogP contribution is -2.39. The highest BCUT2D eigenvalue weighted by molar-refractivity contribution is 7.09. The van der Waals surface area contributed by atoms with Crippen LogP contribution in [0.15, 0.2) is 40.7 Å². The molecule has 5 nitrogen and oxygen atoms in total. The number of thiophene rings is 1. The number of guanidine groups is 1. The summed E-state index contributed by atoms with van der Waals surface area (Å²) >= 11 is 1.77. The van der Waals surface area contributed by atoms with Crippen LogP contribution in [-0.4, -0.2) is 43.2 Å². The molecular formula is C18H25N3O2S. The molecule has 0 aliphatic carbocycles. The molecule has 130 valence electrons. The molecule has 6 heteroatoms. The Labute approximate surface area is 147 Å². The van der Waals surface area contributed by atoms with Gasteiger partial charge in [-0.2, -0.15) is 0 Å². The van der Waals surface area contributed by atoms with E-state index in [0.29, 0.717) is 12.3 Å². The number of hydrogen-bond donors (Lipinski definition) is 2. The molecule has 2 N–H and O–H groups in total. The first-order chi connectivity index (χ1) is 11.7. The summed E-state index contributed by atoms with van der Waals surface area (Å²) in [7, 11) is 3.57. The molecule has 1 aromatic heterocycles. The van der Waals surface area contributed by atoms with E-state index < -0.39 is 0 Å².